The van der Waals surface area contributed by atoms with Gasteiger partial charge in [0.1, 0.15) is 5.82 Å². The highest BCUT2D eigenvalue weighted by atomic mass is 16.3. The Labute approximate surface area is 79.6 Å². The molecule has 0 unspecified atom stereocenters. The van der Waals surface area contributed by atoms with E-state index in [0.717, 1.165) is 6.42 Å². The molecule has 0 aromatic rings. The Morgan fingerprint density at radius 3 is 2.92 bits per heavy atom. The molecule has 0 heterocycles. The van der Waals surface area contributed by atoms with Gasteiger partial charge in [-0.25, -0.2) is 4.99 Å². The number of hydrogen-bond donors (Lipinski definition) is 2. The Hall–Kier alpha value is -1.27. The van der Waals surface area contributed by atoms with Crippen LogP contribution in [-0.4, -0.2) is 24.5 Å². The topological polar surface area (TPSA) is 44.6 Å². The highest BCUT2D eigenvalue weighted by molar-refractivity contribution is 5.58. The molecule has 0 aliphatic carbocycles. The monoisotopic (exact) mass is 180 g/mol. The molecule has 0 aliphatic rings. The van der Waals surface area contributed by atoms with Gasteiger partial charge in [0.2, 0.25) is 0 Å². The first kappa shape index (κ1) is 11.7. The fourth-order valence-corrected chi connectivity index (χ4v) is 0.648. The van der Waals surface area contributed by atoms with Crippen molar-refractivity contribution in [1.82, 2.24) is 5.32 Å². The van der Waals surface area contributed by atoms with Crippen molar-refractivity contribution >= 4 is 6.21 Å². The first-order valence-corrected chi connectivity index (χ1v) is 4.34. The molecular weight excluding hydrogens is 164 g/mol. The second kappa shape index (κ2) is 8.82. The summed E-state index contributed by atoms with van der Waals surface area (Å²) in [5, 5.41) is 11.5. The van der Waals surface area contributed by atoms with E-state index in [2.05, 4.69) is 22.2 Å². The van der Waals surface area contributed by atoms with E-state index in [-0.39, 0.29) is 6.61 Å². The Balaban J connectivity index is 4.15. The van der Waals surface area contributed by atoms with Crippen LogP contribution >= 0.6 is 0 Å². The lowest BCUT2D eigenvalue weighted by Gasteiger charge is -2.01. The van der Waals surface area contributed by atoms with E-state index in [1.807, 2.05) is 6.92 Å². The van der Waals surface area contributed by atoms with Gasteiger partial charge in [0.15, 0.2) is 0 Å². The predicted molar refractivity (Wildman–Crippen MR) is 55.4 cm³/mol. The number of hydrogen-bond acceptors (Lipinski definition) is 3. The summed E-state index contributed by atoms with van der Waals surface area (Å²) < 4.78 is 0. The molecule has 3 nitrogen and oxygen atoms in total. The summed E-state index contributed by atoms with van der Waals surface area (Å²) >= 11 is 0. The second-order valence-electron chi connectivity index (χ2n) is 2.29. The summed E-state index contributed by atoms with van der Waals surface area (Å²) in [6, 6.07) is 0. The van der Waals surface area contributed by atoms with Crippen LogP contribution in [0.1, 0.15) is 20.3 Å². The SMILES string of the molecule is CC#C/C=C(\N=C/CC)NCCO. The van der Waals surface area contributed by atoms with Crippen molar-refractivity contribution in [2.24, 2.45) is 4.99 Å². The van der Waals surface area contributed by atoms with Crippen LogP contribution in [0.15, 0.2) is 16.9 Å². The zero-order valence-corrected chi connectivity index (χ0v) is 8.17. The van der Waals surface area contributed by atoms with Crippen molar-refractivity contribution in [2.45, 2.75) is 20.3 Å². The molecule has 72 valence electrons. The molecule has 0 rings (SSSR count). The fourth-order valence-electron chi connectivity index (χ4n) is 0.648. The summed E-state index contributed by atoms with van der Waals surface area (Å²) in [6.07, 6.45) is 4.38. The number of nitrogens with zero attached hydrogens (tertiary/aromatic N) is 1. The van der Waals surface area contributed by atoms with E-state index >= 15 is 0 Å². The number of nitrogens with one attached hydrogen (secondary N) is 1. The summed E-state index contributed by atoms with van der Waals surface area (Å²) in [6.45, 7) is 4.37. The average molecular weight is 180 g/mol. The predicted octanol–water partition coefficient (Wildman–Crippen LogP) is 0.914. The van der Waals surface area contributed by atoms with Crippen LogP contribution in [0.4, 0.5) is 0 Å². The van der Waals surface area contributed by atoms with Crippen molar-refractivity contribution in [1.29, 1.82) is 0 Å². The van der Waals surface area contributed by atoms with E-state index in [1.165, 1.54) is 0 Å². The lowest BCUT2D eigenvalue weighted by Crippen LogP contribution is -2.16. The van der Waals surface area contributed by atoms with Gasteiger partial charge in [-0.3, -0.25) is 0 Å². The van der Waals surface area contributed by atoms with Crippen LogP contribution in [0.5, 0.6) is 0 Å². The Bertz CT molecular complexity index is 233. The first-order chi connectivity index (χ1) is 6.35. The van der Waals surface area contributed by atoms with Crippen LogP contribution in [0.2, 0.25) is 0 Å². The molecule has 0 spiro atoms. The van der Waals surface area contributed by atoms with Gasteiger partial charge in [-0.1, -0.05) is 12.8 Å². The molecule has 3 heteroatoms. The first-order valence-electron chi connectivity index (χ1n) is 4.34. The molecule has 0 aromatic carbocycles. The minimum absolute atomic E-state index is 0.0958. The highest BCUT2D eigenvalue weighted by Crippen LogP contribution is 1.89. The van der Waals surface area contributed by atoms with E-state index in [1.54, 1.807) is 19.2 Å². The van der Waals surface area contributed by atoms with E-state index in [9.17, 15) is 0 Å². The van der Waals surface area contributed by atoms with Gasteiger partial charge < -0.3 is 10.4 Å². The third-order valence-corrected chi connectivity index (χ3v) is 1.18. The van der Waals surface area contributed by atoms with Gasteiger partial charge >= 0.3 is 0 Å². The van der Waals surface area contributed by atoms with E-state index in [0.29, 0.717) is 12.4 Å². The summed E-state index contributed by atoms with van der Waals surface area (Å²) in [4.78, 5) is 4.13. The van der Waals surface area contributed by atoms with Crippen molar-refractivity contribution in [3.8, 4) is 11.8 Å². The number of aliphatic imine (C=N–C) groups is 1. The van der Waals surface area contributed by atoms with Crippen molar-refractivity contribution < 1.29 is 5.11 Å². The number of aliphatic hydroxyl groups is 1. The summed E-state index contributed by atoms with van der Waals surface area (Å²) in [5.74, 6) is 6.24. The highest BCUT2D eigenvalue weighted by Gasteiger charge is 1.88. The average Bonchev–Trinajstić information content (AvgIpc) is 2.17. The molecule has 0 aromatic heterocycles. The van der Waals surface area contributed by atoms with Gasteiger partial charge in [-0.05, 0) is 13.3 Å². The number of aliphatic hydroxyl groups excluding tert-OH is 1. The van der Waals surface area contributed by atoms with Gasteiger partial charge in [0.25, 0.3) is 0 Å². The standard InChI is InChI=1S/C10H16N2O/c1-3-5-6-10(11-7-4-2)12-8-9-13/h6-7,12-13H,4,8-9H2,1-2H3/b10-6+,11-7-. The van der Waals surface area contributed by atoms with E-state index in [4.69, 9.17) is 5.11 Å². The van der Waals surface area contributed by atoms with Crippen LogP contribution < -0.4 is 5.32 Å². The van der Waals surface area contributed by atoms with Gasteiger partial charge in [0.05, 0.1) is 6.61 Å². The maximum absolute atomic E-state index is 8.59. The summed E-state index contributed by atoms with van der Waals surface area (Å²) in [5.41, 5.74) is 0. The van der Waals surface area contributed by atoms with Gasteiger partial charge in [0, 0.05) is 18.8 Å². The molecular formula is C10H16N2O. The Kier molecular flexibility index (Phi) is 7.96. The van der Waals surface area contributed by atoms with Crippen molar-refractivity contribution in [3.05, 3.63) is 11.9 Å². The maximum atomic E-state index is 8.59. The third kappa shape index (κ3) is 7.10. The number of allylic oxidation sites excluding steroid dienone is 1. The molecule has 0 atom stereocenters. The number of rotatable bonds is 5. The maximum Gasteiger partial charge on any atom is 0.134 e. The van der Waals surface area contributed by atoms with Crippen LogP contribution in [0, 0.1) is 11.8 Å². The van der Waals surface area contributed by atoms with Crippen LogP contribution in [-0.2, 0) is 0 Å². The zero-order chi connectivity index (χ0) is 9.94. The summed E-state index contributed by atoms with van der Waals surface area (Å²) in [7, 11) is 0. The molecule has 0 aliphatic heterocycles. The largest absolute Gasteiger partial charge is 0.395 e. The molecule has 13 heavy (non-hydrogen) atoms. The Morgan fingerprint density at radius 2 is 2.38 bits per heavy atom. The van der Waals surface area contributed by atoms with Crippen molar-refractivity contribution in [3.63, 3.8) is 0 Å². The normalized spacial score (nSPS) is 11.2. The molecule has 0 radical (unpaired) electrons. The fraction of sp³-hybridized carbons (Fsp3) is 0.500. The quantitative estimate of drug-likeness (QED) is 0.488. The third-order valence-electron chi connectivity index (χ3n) is 1.18. The lowest BCUT2D eigenvalue weighted by atomic mass is 10.5. The molecule has 0 fully saturated rings. The Morgan fingerprint density at radius 1 is 1.62 bits per heavy atom. The zero-order valence-electron chi connectivity index (χ0n) is 8.17. The van der Waals surface area contributed by atoms with Crippen molar-refractivity contribution in [2.75, 3.05) is 13.2 Å². The molecule has 0 bridgehead atoms. The molecule has 0 saturated carbocycles. The van der Waals surface area contributed by atoms with E-state index < -0.39 is 0 Å². The van der Waals surface area contributed by atoms with Gasteiger partial charge in [-0.15, -0.1) is 5.92 Å². The lowest BCUT2D eigenvalue weighted by molar-refractivity contribution is 0.297. The molecule has 0 saturated heterocycles. The molecule has 0 amide bonds. The van der Waals surface area contributed by atoms with Crippen LogP contribution in [0.25, 0.3) is 0 Å². The molecule has 2 N–H and O–H groups in total. The smallest absolute Gasteiger partial charge is 0.134 e. The van der Waals surface area contributed by atoms with Gasteiger partial charge in [-0.2, -0.15) is 0 Å². The minimum atomic E-state index is 0.0958. The van der Waals surface area contributed by atoms with Crippen LogP contribution in [0.3, 0.4) is 0 Å². The minimum Gasteiger partial charge on any atom is -0.395 e. The second-order valence-corrected chi connectivity index (χ2v) is 2.29.